The van der Waals surface area contributed by atoms with Gasteiger partial charge in [0, 0.05) is 5.75 Å². The van der Waals surface area contributed by atoms with Crippen LogP contribution in [-0.2, 0) is 0 Å². The smallest absolute Gasteiger partial charge is 0.157 e. The lowest BCUT2D eigenvalue weighted by Gasteiger charge is -2.21. The van der Waals surface area contributed by atoms with Crippen LogP contribution in [0.1, 0.15) is 31.9 Å². The Morgan fingerprint density at radius 2 is 2.12 bits per heavy atom. The Labute approximate surface area is 102 Å². The molecular weight excluding hydrogens is 216 g/mol. The van der Waals surface area contributed by atoms with Crippen LogP contribution in [0.2, 0.25) is 0 Å². The minimum atomic E-state index is 0.331. The second-order valence-corrected chi connectivity index (χ2v) is 5.28. The van der Waals surface area contributed by atoms with Crippen molar-refractivity contribution in [3.8, 4) is 0 Å². The minimum Gasteiger partial charge on any atom is -0.358 e. The number of amidine groups is 1. The van der Waals surface area contributed by atoms with Crippen molar-refractivity contribution >= 4 is 16.9 Å². The number of hydrogen-bond acceptors (Lipinski definition) is 3. The molecule has 0 saturated carbocycles. The average molecular weight is 234 g/mol. The summed E-state index contributed by atoms with van der Waals surface area (Å²) in [6, 6.07) is 11.3. The van der Waals surface area contributed by atoms with E-state index in [0.717, 1.165) is 5.17 Å². The van der Waals surface area contributed by atoms with Crippen LogP contribution in [0.3, 0.4) is 0 Å². The first-order chi connectivity index (χ1) is 7.75. The van der Waals surface area contributed by atoms with Crippen LogP contribution in [0.15, 0.2) is 35.3 Å². The van der Waals surface area contributed by atoms with Crippen LogP contribution in [0.5, 0.6) is 0 Å². The molecule has 2 unspecified atom stereocenters. The number of benzene rings is 1. The monoisotopic (exact) mass is 234 g/mol. The van der Waals surface area contributed by atoms with Gasteiger partial charge in [0.25, 0.3) is 0 Å². The number of nitrogens with zero attached hydrogens (tertiary/aromatic N) is 1. The molecular formula is C13H18N2S. The lowest BCUT2D eigenvalue weighted by molar-refractivity contribution is 0.683. The standard InChI is InChI=1S/C13H18N2S/c1-10-8-9-16-13(14-10)15-11(2)12-6-4-3-5-7-12/h3-7,10-11H,8-9H2,1-2H3,(H,14,15). The molecule has 0 radical (unpaired) electrons. The number of aliphatic imine (C=N–C) groups is 1. The molecule has 0 spiro atoms. The van der Waals surface area contributed by atoms with Crippen molar-refractivity contribution in [2.45, 2.75) is 32.4 Å². The summed E-state index contributed by atoms with van der Waals surface area (Å²) >= 11 is 1.83. The van der Waals surface area contributed by atoms with E-state index in [-0.39, 0.29) is 0 Å². The van der Waals surface area contributed by atoms with Crippen LogP contribution >= 0.6 is 11.8 Å². The molecule has 0 aliphatic carbocycles. The first kappa shape index (κ1) is 11.5. The maximum atomic E-state index is 4.62. The highest BCUT2D eigenvalue weighted by molar-refractivity contribution is 8.13. The molecule has 0 fully saturated rings. The van der Waals surface area contributed by atoms with Crippen molar-refractivity contribution in [1.82, 2.24) is 5.32 Å². The van der Waals surface area contributed by atoms with Gasteiger partial charge in [-0.05, 0) is 25.8 Å². The van der Waals surface area contributed by atoms with Crippen molar-refractivity contribution in [1.29, 1.82) is 0 Å². The third-order valence-electron chi connectivity index (χ3n) is 2.75. The summed E-state index contributed by atoms with van der Waals surface area (Å²) in [5.41, 5.74) is 1.31. The van der Waals surface area contributed by atoms with E-state index in [1.54, 1.807) is 0 Å². The summed E-state index contributed by atoms with van der Waals surface area (Å²) in [6.45, 7) is 4.35. The van der Waals surface area contributed by atoms with E-state index in [9.17, 15) is 0 Å². The van der Waals surface area contributed by atoms with E-state index < -0.39 is 0 Å². The van der Waals surface area contributed by atoms with E-state index in [1.165, 1.54) is 17.7 Å². The second kappa shape index (κ2) is 5.39. The molecule has 2 rings (SSSR count). The summed E-state index contributed by atoms with van der Waals surface area (Å²) in [7, 11) is 0. The minimum absolute atomic E-state index is 0.331. The van der Waals surface area contributed by atoms with Gasteiger partial charge in [0.2, 0.25) is 0 Å². The second-order valence-electron chi connectivity index (χ2n) is 4.20. The molecule has 1 heterocycles. The Hall–Kier alpha value is -0.960. The lowest BCUT2D eigenvalue weighted by Crippen LogP contribution is -2.28. The summed E-state index contributed by atoms with van der Waals surface area (Å²) in [4.78, 5) is 4.62. The van der Waals surface area contributed by atoms with Gasteiger partial charge in [-0.15, -0.1) is 0 Å². The van der Waals surface area contributed by atoms with E-state index in [0.29, 0.717) is 12.1 Å². The van der Waals surface area contributed by atoms with E-state index in [2.05, 4.69) is 48.4 Å². The highest BCUT2D eigenvalue weighted by Crippen LogP contribution is 2.19. The molecule has 86 valence electrons. The van der Waals surface area contributed by atoms with Crippen LogP contribution in [0.25, 0.3) is 0 Å². The van der Waals surface area contributed by atoms with Crippen molar-refractivity contribution < 1.29 is 0 Å². The molecule has 1 aromatic carbocycles. The predicted molar refractivity (Wildman–Crippen MR) is 72.0 cm³/mol. The summed E-state index contributed by atoms with van der Waals surface area (Å²) < 4.78 is 0. The Morgan fingerprint density at radius 3 is 2.81 bits per heavy atom. The number of nitrogens with one attached hydrogen (secondary N) is 1. The molecule has 0 aromatic heterocycles. The van der Waals surface area contributed by atoms with Gasteiger partial charge in [0.1, 0.15) is 0 Å². The van der Waals surface area contributed by atoms with Crippen LogP contribution in [0, 0.1) is 0 Å². The molecule has 3 heteroatoms. The molecule has 1 N–H and O–H groups in total. The van der Waals surface area contributed by atoms with Gasteiger partial charge < -0.3 is 5.32 Å². The topological polar surface area (TPSA) is 24.4 Å². The Bertz CT molecular complexity index is 361. The van der Waals surface area contributed by atoms with E-state index in [4.69, 9.17) is 0 Å². The zero-order chi connectivity index (χ0) is 11.4. The van der Waals surface area contributed by atoms with Gasteiger partial charge in [0.15, 0.2) is 5.17 Å². The molecule has 2 nitrogen and oxygen atoms in total. The van der Waals surface area contributed by atoms with Crippen molar-refractivity contribution in [3.63, 3.8) is 0 Å². The third kappa shape index (κ3) is 3.01. The van der Waals surface area contributed by atoms with Gasteiger partial charge in [-0.1, -0.05) is 42.1 Å². The van der Waals surface area contributed by atoms with Gasteiger partial charge in [-0.3, -0.25) is 4.99 Å². The molecule has 0 amide bonds. The molecule has 1 aliphatic heterocycles. The van der Waals surface area contributed by atoms with Crippen molar-refractivity contribution in [3.05, 3.63) is 35.9 Å². The summed E-state index contributed by atoms with van der Waals surface area (Å²) in [5, 5.41) is 4.57. The van der Waals surface area contributed by atoms with Gasteiger partial charge in [-0.2, -0.15) is 0 Å². The summed E-state index contributed by atoms with van der Waals surface area (Å²) in [6.07, 6.45) is 1.19. The zero-order valence-corrected chi connectivity index (χ0v) is 10.6. The first-order valence-corrected chi connectivity index (χ1v) is 6.76. The Morgan fingerprint density at radius 1 is 1.38 bits per heavy atom. The van der Waals surface area contributed by atoms with Crippen molar-refractivity contribution in [2.24, 2.45) is 4.99 Å². The fraction of sp³-hybridized carbons (Fsp3) is 0.462. The number of rotatable bonds is 2. The van der Waals surface area contributed by atoms with Crippen LogP contribution < -0.4 is 5.32 Å². The first-order valence-electron chi connectivity index (χ1n) is 5.78. The molecule has 16 heavy (non-hydrogen) atoms. The normalized spacial score (nSPS) is 22.4. The highest BCUT2D eigenvalue weighted by atomic mass is 32.2. The largest absolute Gasteiger partial charge is 0.358 e. The molecule has 1 aromatic rings. The Kier molecular flexibility index (Phi) is 3.88. The summed E-state index contributed by atoms with van der Waals surface area (Å²) in [5.74, 6) is 1.18. The Balaban J connectivity index is 2.00. The van der Waals surface area contributed by atoms with Gasteiger partial charge in [-0.25, -0.2) is 0 Å². The fourth-order valence-corrected chi connectivity index (χ4v) is 2.88. The molecule has 0 bridgehead atoms. The molecule has 1 aliphatic rings. The maximum Gasteiger partial charge on any atom is 0.157 e. The lowest BCUT2D eigenvalue weighted by atomic mass is 10.1. The predicted octanol–water partition coefficient (Wildman–Crippen LogP) is 3.22. The number of thioether (sulfide) groups is 1. The van der Waals surface area contributed by atoms with E-state index >= 15 is 0 Å². The SMILES string of the molecule is CC1CCSC(NC(C)c2ccccc2)=N1. The van der Waals surface area contributed by atoms with Crippen LogP contribution in [0.4, 0.5) is 0 Å². The molecule has 2 atom stereocenters. The average Bonchev–Trinajstić information content (AvgIpc) is 2.30. The van der Waals surface area contributed by atoms with Gasteiger partial charge in [0.05, 0.1) is 12.1 Å². The van der Waals surface area contributed by atoms with E-state index in [1.807, 2.05) is 17.8 Å². The third-order valence-corrected chi connectivity index (χ3v) is 3.69. The fourth-order valence-electron chi connectivity index (χ4n) is 1.72. The maximum absolute atomic E-state index is 4.62. The van der Waals surface area contributed by atoms with Gasteiger partial charge >= 0.3 is 0 Å². The highest BCUT2D eigenvalue weighted by Gasteiger charge is 2.13. The number of hydrogen-bond donors (Lipinski definition) is 1. The van der Waals surface area contributed by atoms with Crippen LogP contribution in [-0.4, -0.2) is 17.0 Å². The molecule has 0 saturated heterocycles. The zero-order valence-electron chi connectivity index (χ0n) is 9.81. The quantitative estimate of drug-likeness (QED) is 0.849. The van der Waals surface area contributed by atoms with Crippen molar-refractivity contribution in [2.75, 3.05) is 5.75 Å².